The fourth-order valence-corrected chi connectivity index (χ4v) is 2.47. The average molecular weight is 365 g/mol. The molecule has 1 fully saturated rings. The molecule has 1 aromatic heterocycles. The lowest BCUT2D eigenvalue weighted by atomic mass is 10.4. The van der Waals surface area contributed by atoms with Crippen LogP contribution in [0.5, 0.6) is 0 Å². The number of aliphatic imine (C=N–C) groups is 1. The van der Waals surface area contributed by atoms with E-state index in [0.717, 1.165) is 18.4 Å². The van der Waals surface area contributed by atoms with Gasteiger partial charge in [-0.05, 0) is 31.4 Å². The van der Waals surface area contributed by atoms with E-state index in [1.807, 2.05) is 18.4 Å². The third-order valence-electron chi connectivity index (χ3n) is 2.88. The third-order valence-corrected chi connectivity index (χ3v) is 3.88. The highest BCUT2D eigenvalue weighted by Gasteiger charge is 2.33. The Hall–Kier alpha value is -0.300. The van der Waals surface area contributed by atoms with Gasteiger partial charge in [-0.2, -0.15) is 0 Å². The highest BCUT2D eigenvalue weighted by atomic mass is 127. The van der Waals surface area contributed by atoms with Gasteiger partial charge in [-0.15, -0.1) is 35.3 Å². The first kappa shape index (κ1) is 14.8. The van der Waals surface area contributed by atoms with Gasteiger partial charge < -0.3 is 10.6 Å². The topological polar surface area (TPSA) is 36.4 Å². The van der Waals surface area contributed by atoms with E-state index >= 15 is 0 Å². The fourth-order valence-electron chi connectivity index (χ4n) is 1.64. The van der Waals surface area contributed by atoms with Gasteiger partial charge in [0, 0.05) is 22.8 Å². The van der Waals surface area contributed by atoms with E-state index in [9.17, 15) is 0 Å². The molecule has 0 amide bonds. The molecule has 0 spiro atoms. The largest absolute Gasteiger partial charge is 0.353 e. The molecule has 96 valence electrons. The van der Waals surface area contributed by atoms with Crippen molar-refractivity contribution in [3.8, 4) is 0 Å². The summed E-state index contributed by atoms with van der Waals surface area (Å²) in [6.07, 6.45) is 1.26. The van der Waals surface area contributed by atoms with Crippen molar-refractivity contribution in [1.29, 1.82) is 0 Å². The zero-order valence-corrected chi connectivity index (χ0v) is 13.6. The molecule has 1 heterocycles. The lowest BCUT2D eigenvalue weighted by molar-refractivity contribution is 0.766. The minimum absolute atomic E-state index is 0. The summed E-state index contributed by atoms with van der Waals surface area (Å²) in [5, 5.41) is 6.75. The molecular formula is C12H20IN3S. The molecule has 2 rings (SSSR count). The number of nitrogens with zero attached hydrogens (tertiary/aromatic N) is 1. The van der Waals surface area contributed by atoms with Crippen LogP contribution >= 0.6 is 35.3 Å². The van der Waals surface area contributed by atoms with Crippen molar-refractivity contribution in [2.45, 2.75) is 32.9 Å². The molecule has 2 unspecified atom stereocenters. The Balaban J connectivity index is 0.00000144. The zero-order valence-electron chi connectivity index (χ0n) is 10.5. The SMILES string of the molecule is CN=C(NCc1ccc(C)s1)NC1CC1C.I. The molecule has 5 heteroatoms. The summed E-state index contributed by atoms with van der Waals surface area (Å²) in [5.74, 6) is 1.71. The van der Waals surface area contributed by atoms with E-state index in [1.165, 1.54) is 16.2 Å². The Bertz CT molecular complexity index is 389. The number of guanidine groups is 1. The van der Waals surface area contributed by atoms with Crippen LogP contribution in [0.15, 0.2) is 17.1 Å². The van der Waals surface area contributed by atoms with Crippen LogP contribution in [0.1, 0.15) is 23.1 Å². The smallest absolute Gasteiger partial charge is 0.191 e. The Morgan fingerprint density at radius 2 is 2.24 bits per heavy atom. The van der Waals surface area contributed by atoms with Crippen LogP contribution in [0.2, 0.25) is 0 Å². The van der Waals surface area contributed by atoms with Crippen LogP contribution in [0.25, 0.3) is 0 Å². The summed E-state index contributed by atoms with van der Waals surface area (Å²) in [4.78, 5) is 6.93. The van der Waals surface area contributed by atoms with Crippen LogP contribution in [-0.4, -0.2) is 19.0 Å². The molecule has 1 saturated carbocycles. The summed E-state index contributed by atoms with van der Waals surface area (Å²) in [6.45, 7) is 5.25. The number of nitrogens with one attached hydrogen (secondary N) is 2. The van der Waals surface area contributed by atoms with E-state index in [-0.39, 0.29) is 24.0 Å². The van der Waals surface area contributed by atoms with E-state index in [2.05, 4.69) is 41.6 Å². The predicted molar refractivity (Wildman–Crippen MR) is 85.4 cm³/mol. The van der Waals surface area contributed by atoms with Crippen LogP contribution in [0.4, 0.5) is 0 Å². The van der Waals surface area contributed by atoms with Crippen LogP contribution in [-0.2, 0) is 6.54 Å². The van der Waals surface area contributed by atoms with Gasteiger partial charge in [0.1, 0.15) is 0 Å². The first-order chi connectivity index (χ1) is 7.69. The summed E-state index contributed by atoms with van der Waals surface area (Å²) in [7, 11) is 1.82. The summed E-state index contributed by atoms with van der Waals surface area (Å²) in [5.41, 5.74) is 0. The van der Waals surface area contributed by atoms with Crippen LogP contribution < -0.4 is 10.6 Å². The molecule has 0 radical (unpaired) electrons. The fraction of sp³-hybridized carbons (Fsp3) is 0.583. The molecule has 1 aliphatic carbocycles. The van der Waals surface area contributed by atoms with Crippen molar-refractivity contribution in [3.63, 3.8) is 0 Å². The van der Waals surface area contributed by atoms with Gasteiger partial charge in [0.05, 0.1) is 6.54 Å². The number of rotatable bonds is 3. The zero-order chi connectivity index (χ0) is 11.5. The molecule has 0 aliphatic heterocycles. The van der Waals surface area contributed by atoms with Gasteiger partial charge in [0.25, 0.3) is 0 Å². The van der Waals surface area contributed by atoms with E-state index in [1.54, 1.807) is 0 Å². The van der Waals surface area contributed by atoms with Crippen LogP contribution in [0.3, 0.4) is 0 Å². The van der Waals surface area contributed by atoms with E-state index in [0.29, 0.717) is 6.04 Å². The Morgan fingerprint density at radius 3 is 2.71 bits per heavy atom. The molecule has 17 heavy (non-hydrogen) atoms. The second-order valence-corrected chi connectivity index (χ2v) is 5.77. The lowest BCUT2D eigenvalue weighted by Gasteiger charge is -2.10. The minimum atomic E-state index is 0. The maximum absolute atomic E-state index is 4.22. The maximum atomic E-state index is 4.22. The van der Waals surface area contributed by atoms with Crippen molar-refractivity contribution in [3.05, 3.63) is 21.9 Å². The van der Waals surface area contributed by atoms with Crippen molar-refractivity contribution < 1.29 is 0 Å². The summed E-state index contributed by atoms with van der Waals surface area (Å²) in [6, 6.07) is 4.94. The highest BCUT2D eigenvalue weighted by molar-refractivity contribution is 14.0. The van der Waals surface area contributed by atoms with Crippen molar-refractivity contribution in [2.24, 2.45) is 10.9 Å². The Kier molecular flexibility index (Phi) is 5.72. The van der Waals surface area contributed by atoms with Gasteiger partial charge in [-0.1, -0.05) is 6.92 Å². The van der Waals surface area contributed by atoms with Gasteiger partial charge in [0.2, 0.25) is 0 Å². The molecule has 0 bridgehead atoms. The number of hydrogen-bond donors (Lipinski definition) is 2. The monoisotopic (exact) mass is 365 g/mol. The summed E-state index contributed by atoms with van der Waals surface area (Å²) < 4.78 is 0. The predicted octanol–water partition coefficient (Wildman–Crippen LogP) is 2.75. The molecule has 3 nitrogen and oxygen atoms in total. The van der Waals surface area contributed by atoms with Gasteiger partial charge in [0.15, 0.2) is 5.96 Å². The number of halogens is 1. The second kappa shape index (κ2) is 6.58. The van der Waals surface area contributed by atoms with E-state index < -0.39 is 0 Å². The third kappa shape index (κ3) is 4.46. The number of thiophene rings is 1. The molecular weight excluding hydrogens is 345 g/mol. The highest BCUT2D eigenvalue weighted by Crippen LogP contribution is 2.28. The molecule has 0 saturated heterocycles. The Labute approximate surface area is 124 Å². The molecule has 2 N–H and O–H groups in total. The van der Waals surface area contributed by atoms with Crippen molar-refractivity contribution >= 4 is 41.3 Å². The normalized spacial score (nSPS) is 22.9. The van der Waals surface area contributed by atoms with E-state index in [4.69, 9.17) is 0 Å². The molecule has 2 atom stereocenters. The molecule has 0 aromatic carbocycles. The van der Waals surface area contributed by atoms with Gasteiger partial charge in [-0.3, -0.25) is 4.99 Å². The van der Waals surface area contributed by atoms with Gasteiger partial charge in [-0.25, -0.2) is 0 Å². The average Bonchev–Trinajstić information content (AvgIpc) is 2.78. The first-order valence-corrected chi connectivity index (χ1v) is 6.53. The number of hydrogen-bond acceptors (Lipinski definition) is 2. The summed E-state index contributed by atoms with van der Waals surface area (Å²) >= 11 is 1.83. The van der Waals surface area contributed by atoms with Crippen LogP contribution in [0, 0.1) is 12.8 Å². The maximum Gasteiger partial charge on any atom is 0.191 e. The standard InChI is InChI=1S/C12H19N3S.HI/c1-8-6-11(8)15-12(13-3)14-7-10-5-4-9(2)16-10;/h4-5,8,11H,6-7H2,1-3H3,(H2,13,14,15);1H. The quantitative estimate of drug-likeness (QED) is 0.491. The van der Waals surface area contributed by atoms with Crippen molar-refractivity contribution in [2.75, 3.05) is 7.05 Å². The minimum Gasteiger partial charge on any atom is -0.353 e. The second-order valence-electron chi connectivity index (χ2n) is 4.40. The lowest BCUT2D eigenvalue weighted by Crippen LogP contribution is -2.38. The first-order valence-electron chi connectivity index (χ1n) is 5.71. The van der Waals surface area contributed by atoms with Crippen molar-refractivity contribution in [1.82, 2.24) is 10.6 Å². The van der Waals surface area contributed by atoms with Gasteiger partial charge >= 0.3 is 0 Å². The Morgan fingerprint density at radius 1 is 1.53 bits per heavy atom. The number of aryl methyl sites for hydroxylation is 1. The molecule has 1 aliphatic rings. The molecule has 1 aromatic rings.